The van der Waals surface area contributed by atoms with E-state index < -0.39 is 0 Å². The van der Waals surface area contributed by atoms with E-state index in [1.165, 1.54) is 0 Å². The van der Waals surface area contributed by atoms with Crippen LogP contribution in [-0.4, -0.2) is 27.1 Å². The van der Waals surface area contributed by atoms with E-state index in [1.807, 2.05) is 24.6 Å². The van der Waals surface area contributed by atoms with E-state index in [2.05, 4.69) is 27.6 Å². The van der Waals surface area contributed by atoms with Crippen molar-refractivity contribution in [3.8, 4) is 5.75 Å². The number of hydrazine groups is 1. The van der Waals surface area contributed by atoms with Crippen molar-refractivity contribution in [2.75, 3.05) is 7.11 Å². The molecule has 1 unspecified atom stereocenters. The van der Waals surface area contributed by atoms with Gasteiger partial charge in [0, 0.05) is 12.1 Å². The van der Waals surface area contributed by atoms with Crippen molar-refractivity contribution >= 4 is 0 Å². The molecule has 0 saturated carbocycles. The number of methoxy groups -OCH3 is 1. The molecule has 0 amide bonds. The van der Waals surface area contributed by atoms with E-state index in [1.54, 1.807) is 13.3 Å². The first-order chi connectivity index (χ1) is 10.1. The van der Waals surface area contributed by atoms with Crippen LogP contribution in [0.4, 0.5) is 0 Å². The second kappa shape index (κ2) is 6.64. The predicted molar refractivity (Wildman–Crippen MR) is 79.7 cm³/mol. The third-order valence-electron chi connectivity index (χ3n) is 3.39. The molecule has 3 N–H and O–H groups in total. The second-order valence-corrected chi connectivity index (χ2v) is 4.95. The average molecular weight is 290 g/mol. The van der Waals surface area contributed by atoms with Gasteiger partial charge >= 0.3 is 0 Å². The fraction of sp³-hybridized carbons (Fsp3) is 0.500. The molecule has 0 spiro atoms. The van der Waals surface area contributed by atoms with Gasteiger partial charge in [0.25, 0.3) is 0 Å². The Morgan fingerprint density at radius 2 is 2.14 bits per heavy atom. The van der Waals surface area contributed by atoms with Crippen LogP contribution in [0, 0.1) is 13.8 Å². The summed E-state index contributed by atoms with van der Waals surface area (Å²) in [4.78, 5) is 0. The molecule has 7 nitrogen and oxygen atoms in total. The summed E-state index contributed by atoms with van der Waals surface area (Å²) >= 11 is 0. The molecule has 0 aromatic carbocycles. The molecule has 21 heavy (non-hydrogen) atoms. The molecule has 0 aliphatic heterocycles. The molecular formula is C14H22N6O. The van der Waals surface area contributed by atoms with Gasteiger partial charge in [-0.05, 0) is 26.3 Å². The maximum atomic E-state index is 5.81. The molecule has 2 aromatic heterocycles. The van der Waals surface area contributed by atoms with Gasteiger partial charge < -0.3 is 4.74 Å². The first-order valence-electron chi connectivity index (χ1n) is 6.99. The minimum Gasteiger partial charge on any atom is -0.493 e. The summed E-state index contributed by atoms with van der Waals surface area (Å²) < 4.78 is 7.35. The van der Waals surface area contributed by atoms with Gasteiger partial charge in [0.05, 0.1) is 30.7 Å². The van der Waals surface area contributed by atoms with E-state index in [0.29, 0.717) is 5.75 Å². The number of hydrogen-bond acceptors (Lipinski definition) is 6. The molecule has 2 rings (SSSR count). The molecule has 0 saturated heterocycles. The highest BCUT2D eigenvalue weighted by molar-refractivity contribution is 5.38. The van der Waals surface area contributed by atoms with Gasteiger partial charge in [0.1, 0.15) is 5.69 Å². The monoisotopic (exact) mass is 290 g/mol. The van der Waals surface area contributed by atoms with Crippen LogP contribution in [0.5, 0.6) is 5.75 Å². The fourth-order valence-corrected chi connectivity index (χ4v) is 2.39. The maximum Gasteiger partial charge on any atom is 0.161 e. The first kappa shape index (κ1) is 15.4. The molecular weight excluding hydrogens is 268 g/mol. The van der Waals surface area contributed by atoms with Gasteiger partial charge in [-0.3, -0.25) is 10.5 Å². The van der Waals surface area contributed by atoms with E-state index in [-0.39, 0.29) is 6.04 Å². The Bertz CT molecular complexity index is 610. The van der Waals surface area contributed by atoms with Gasteiger partial charge in [-0.15, -0.1) is 0 Å². The lowest BCUT2D eigenvalue weighted by Gasteiger charge is -2.20. The molecule has 0 aliphatic carbocycles. The number of nitrogens with two attached hydrogens (primary N) is 1. The zero-order valence-corrected chi connectivity index (χ0v) is 12.9. The Morgan fingerprint density at radius 1 is 1.38 bits per heavy atom. The van der Waals surface area contributed by atoms with Crippen LogP contribution in [0.25, 0.3) is 0 Å². The summed E-state index contributed by atoms with van der Waals surface area (Å²) in [5.41, 5.74) is 6.40. The third-order valence-corrected chi connectivity index (χ3v) is 3.39. The molecule has 114 valence electrons. The van der Waals surface area contributed by atoms with Crippen LogP contribution in [0.3, 0.4) is 0 Å². The van der Waals surface area contributed by atoms with Crippen LogP contribution < -0.4 is 16.0 Å². The maximum absolute atomic E-state index is 5.81. The molecule has 0 fully saturated rings. The van der Waals surface area contributed by atoms with Crippen molar-refractivity contribution in [2.45, 2.75) is 39.8 Å². The van der Waals surface area contributed by atoms with Gasteiger partial charge in [-0.1, -0.05) is 6.92 Å². The Morgan fingerprint density at radius 3 is 2.76 bits per heavy atom. The number of aryl methyl sites for hydroxylation is 3. The number of rotatable bonds is 6. The van der Waals surface area contributed by atoms with E-state index >= 15 is 0 Å². The zero-order valence-electron chi connectivity index (χ0n) is 12.9. The first-order valence-corrected chi connectivity index (χ1v) is 6.99. The van der Waals surface area contributed by atoms with Crippen molar-refractivity contribution in [3.05, 3.63) is 34.9 Å². The number of aromatic nitrogens is 4. The summed E-state index contributed by atoms with van der Waals surface area (Å²) in [6.07, 6.45) is 2.69. The van der Waals surface area contributed by atoms with Gasteiger partial charge in [-0.2, -0.15) is 15.3 Å². The highest BCUT2D eigenvalue weighted by Gasteiger charge is 2.24. The number of nitrogens with one attached hydrogen (secondary N) is 1. The molecule has 0 bridgehead atoms. The van der Waals surface area contributed by atoms with Crippen molar-refractivity contribution in [3.63, 3.8) is 0 Å². The summed E-state index contributed by atoms with van der Waals surface area (Å²) in [6.45, 7) is 6.73. The van der Waals surface area contributed by atoms with E-state index in [0.717, 1.165) is 35.6 Å². The Kier molecular flexibility index (Phi) is 4.87. The van der Waals surface area contributed by atoms with Crippen molar-refractivity contribution in [1.82, 2.24) is 25.4 Å². The standard InChI is InChI=1S/C14H22N6O/c1-5-6-20-14(12(21-4)8-16-20)13(17-15)11-7-9(2)18-19-10(11)3/h7-8,13,17H,5-6,15H2,1-4H3. The third kappa shape index (κ3) is 3.03. The van der Waals surface area contributed by atoms with Crippen LogP contribution in [0.1, 0.15) is 42.0 Å². The minimum atomic E-state index is -0.247. The van der Waals surface area contributed by atoms with Gasteiger partial charge in [0.2, 0.25) is 0 Å². The lowest BCUT2D eigenvalue weighted by molar-refractivity contribution is 0.398. The second-order valence-electron chi connectivity index (χ2n) is 4.95. The van der Waals surface area contributed by atoms with Crippen LogP contribution in [0.15, 0.2) is 12.3 Å². The largest absolute Gasteiger partial charge is 0.493 e. The smallest absolute Gasteiger partial charge is 0.161 e. The highest BCUT2D eigenvalue weighted by atomic mass is 16.5. The summed E-state index contributed by atoms with van der Waals surface area (Å²) in [5, 5.41) is 12.6. The molecule has 0 radical (unpaired) electrons. The van der Waals surface area contributed by atoms with Crippen LogP contribution in [-0.2, 0) is 6.54 Å². The summed E-state index contributed by atoms with van der Waals surface area (Å²) in [6, 6.07) is 1.73. The molecule has 0 aliphatic rings. The minimum absolute atomic E-state index is 0.247. The lowest BCUT2D eigenvalue weighted by Crippen LogP contribution is -2.32. The molecule has 7 heteroatoms. The molecule has 2 heterocycles. The normalized spacial score (nSPS) is 12.4. The van der Waals surface area contributed by atoms with Crippen molar-refractivity contribution in [2.24, 2.45) is 5.84 Å². The van der Waals surface area contributed by atoms with Crippen LogP contribution in [0.2, 0.25) is 0 Å². The van der Waals surface area contributed by atoms with E-state index in [9.17, 15) is 0 Å². The van der Waals surface area contributed by atoms with Gasteiger partial charge in [0.15, 0.2) is 5.75 Å². The quantitative estimate of drug-likeness (QED) is 0.615. The topological polar surface area (TPSA) is 90.9 Å². The molecule has 1 atom stereocenters. The summed E-state index contributed by atoms with van der Waals surface area (Å²) in [7, 11) is 1.63. The van der Waals surface area contributed by atoms with Crippen molar-refractivity contribution in [1.29, 1.82) is 0 Å². The fourth-order valence-electron chi connectivity index (χ4n) is 2.39. The lowest BCUT2D eigenvalue weighted by atomic mass is 10.0. The number of nitrogens with zero attached hydrogens (tertiary/aromatic N) is 4. The Labute approximate surface area is 124 Å². The van der Waals surface area contributed by atoms with Crippen molar-refractivity contribution < 1.29 is 4.74 Å². The summed E-state index contributed by atoms with van der Waals surface area (Å²) in [5.74, 6) is 6.52. The zero-order chi connectivity index (χ0) is 15.4. The van der Waals surface area contributed by atoms with E-state index in [4.69, 9.17) is 10.6 Å². The Balaban J connectivity index is 2.55. The Hall–Kier alpha value is -1.99. The predicted octanol–water partition coefficient (Wildman–Crippen LogP) is 1.26. The highest BCUT2D eigenvalue weighted by Crippen LogP contribution is 2.30. The SMILES string of the molecule is CCCn1ncc(OC)c1C(NN)c1cc(C)nnc1C. The molecule has 2 aromatic rings. The number of ether oxygens (including phenoxy) is 1. The van der Waals surface area contributed by atoms with Crippen LogP contribution >= 0.6 is 0 Å². The number of hydrogen-bond donors (Lipinski definition) is 2. The average Bonchev–Trinajstić information content (AvgIpc) is 2.87. The van der Waals surface area contributed by atoms with Gasteiger partial charge in [-0.25, -0.2) is 5.43 Å².